The standard InChI is InChI=1S/C108H64N10/c109-65-73-60-104(114-93-41-19-10-32-76(93)77-33-11-20-42-94(77)114)106(116-97-45-23-14-36-80(97)81-37-15-24-46-98(81)116)62-85(73)86-63-107(105(61-74(86)66-110)115-95-43-21-12-34-78(95)79-35-13-22-44-96(79)115)117-99-47-25-17-39-83(99)88-58-71(50-54-101(88)117)72-48-52-84-89-57-70(69-49-53-100-87(56-69)82-38-16-18-40-92(82)113(100)75-30-8-3-9-31-75)51-55-102(89)118(103(84)59-72)108-111-90(67-26-4-1-5-27-67)64-91(112-108)68-28-6-2-7-29-68/h1-64H. The summed E-state index contributed by atoms with van der Waals surface area (Å²) in [4.78, 5) is 11.1. The third-order valence-electron chi connectivity index (χ3n) is 24.3. The van der Waals surface area contributed by atoms with E-state index in [2.05, 4.69) is 416 Å². The van der Waals surface area contributed by atoms with Crippen LogP contribution < -0.4 is 0 Å². The van der Waals surface area contributed by atoms with E-state index in [0.717, 1.165) is 193 Å². The SMILES string of the molecule is N#Cc1cc(-n2c3ccccc3c3ccccc32)c(-n2c3ccccc3c3ccccc32)cc1-c1cc(-n2c3ccccc3c3cc(-c4ccc5c6cc(-c7ccc8c(c7)c7ccccc7n8-c7ccccc7)ccc6n(-c6nc(-c7ccccc7)cc(-c7ccccc7)n6)c5c4)ccc32)c(-n2c3ccccc3c3ccccc32)cc1C#N. The van der Waals surface area contributed by atoms with Gasteiger partial charge in [-0.15, -0.1) is 0 Å². The summed E-state index contributed by atoms with van der Waals surface area (Å²) in [7, 11) is 0. The van der Waals surface area contributed by atoms with Crippen molar-refractivity contribution in [3.05, 3.63) is 399 Å². The van der Waals surface area contributed by atoms with Gasteiger partial charge in [-0.1, -0.05) is 255 Å². The second-order valence-corrected chi connectivity index (χ2v) is 30.6. The van der Waals surface area contributed by atoms with Gasteiger partial charge in [-0.25, -0.2) is 9.97 Å². The van der Waals surface area contributed by atoms with Crippen LogP contribution in [0.1, 0.15) is 11.1 Å². The van der Waals surface area contributed by atoms with E-state index < -0.39 is 0 Å². The molecule has 24 rings (SSSR count). The number of nitrogens with zero attached hydrogens (tertiary/aromatic N) is 10. The van der Waals surface area contributed by atoms with Crippen molar-refractivity contribution >= 4 is 131 Å². The molecule has 24 aromatic rings. The van der Waals surface area contributed by atoms with Crippen LogP contribution in [0.15, 0.2) is 388 Å². The predicted molar refractivity (Wildman–Crippen MR) is 485 cm³/mol. The molecule has 10 nitrogen and oxygen atoms in total. The fourth-order valence-corrected chi connectivity index (χ4v) is 19.1. The molecule has 7 heterocycles. The van der Waals surface area contributed by atoms with Crippen LogP contribution in [0.4, 0.5) is 0 Å². The van der Waals surface area contributed by atoms with Crippen LogP contribution in [0.25, 0.3) is 221 Å². The zero-order chi connectivity index (χ0) is 77.8. The number of nitriles is 2. The molecular formula is C108H64N10. The van der Waals surface area contributed by atoms with E-state index in [1.165, 1.54) is 10.8 Å². The highest BCUT2D eigenvalue weighted by atomic mass is 15.2. The van der Waals surface area contributed by atoms with Gasteiger partial charge in [0.1, 0.15) is 0 Å². The fourth-order valence-electron chi connectivity index (χ4n) is 19.1. The quantitative estimate of drug-likeness (QED) is 0.129. The molecule has 17 aromatic carbocycles. The van der Waals surface area contributed by atoms with E-state index in [0.29, 0.717) is 28.2 Å². The van der Waals surface area contributed by atoms with Gasteiger partial charge in [0.15, 0.2) is 0 Å². The Morgan fingerprint density at radius 3 is 0.805 bits per heavy atom. The number of hydrogen-bond donors (Lipinski definition) is 0. The van der Waals surface area contributed by atoms with Gasteiger partial charge in [0.05, 0.1) is 124 Å². The number of para-hydroxylation sites is 9. The monoisotopic (exact) mass is 1500 g/mol. The Labute approximate surface area is 676 Å². The first-order chi connectivity index (χ1) is 58.5. The molecule has 0 atom stereocenters. The van der Waals surface area contributed by atoms with Crippen molar-refractivity contribution in [3.63, 3.8) is 0 Å². The van der Waals surface area contributed by atoms with E-state index in [-0.39, 0.29) is 0 Å². The molecule has 0 bridgehead atoms. The number of fused-ring (bicyclic) bond motifs is 18. The van der Waals surface area contributed by atoms with Crippen LogP contribution in [0.3, 0.4) is 0 Å². The van der Waals surface area contributed by atoms with Gasteiger partial charge in [-0.05, 0) is 156 Å². The van der Waals surface area contributed by atoms with E-state index in [9.17, 15) is 10.5 Å². The topological polar surface area (TPSA) is 103 Å². The Balaban J connectivity index is 0.736. The minimum Gasteiger partial charge on any atom is -0.309 e. The van der Waals surface area contributed by atoms with E-state index in [1.807, 2.05) is 12.1 Å². The van der Waals surface area contributed by atoms with Crippen molar-refractivity contribution in [1.82, 2.24) is 37.4 Å². The molecule has 0 aliphatic carbocycles. The van der Waals surface area contributed by atoms with Crippen molar-refractivity contribution in [1.29, 1.82) is 10.5 Å². The normalized spacial score (nSPS) is 11.9. The summed E-state index contributed by atoms with van der Waals surface area (Å²) in [6, 6.07) is 144. The van der Waals surface area contributed by atoms with E-state index >= 15 is 0 Å². The molecule has 0 saturated heterocycles. The van der Waals surface area contributed by atoms with Crippen molar-refractivity contribution in [3.8, 4) is 102 Å². The molecule has 0 saturated carbocycles. The third kappa shape index (κ3) is 9.97. The largest absolute Gasteiger partial charge is 0.309 e. The van der Waals surface area contributed by atoms with E-state index in [4.69, 9.17) is 9.97 Å². The average molecular weight is 1500 g/mol. The van der Waals surface area contributed by atoms with Gasteiger partial charge in [-0.2, -0.15) is 10.5 Å². The second kappa shape index (κ2) is 26.1. The smallest absolute Gasteiger partial charge is 0.235 e. The van der Waals surface area contributed by atoms with Crippen molar-refractivity contribution in [2.24, 2.45) is 0 Å². The first-order valence-corrected chi connectivity index (χ1v) is 39.8. The first-order valence-electron chi connectivity index (χ1n) is 39.8. The van der Waals surface area contributed by atoms with Gasteiger partial charge in [0.25, 0.3) is 0 Å². The van der Waals surface area contributed by atoms with Gasteiger partial charge in [0, 0.05) is 92.6 Å². The highest BCUT2D eigenvalue weighted by molar-refractivity contribution is 6.17. The average Bonchev–Trinajstić information content (AvgIpc) is 1.55. The molecule has 0 amide bonds. The summed E-state index contributed by atoms with van der Waals surface area (Å²) in [6.07, 6.45) is 0. The molecule has 0 fully saturated rings. The van der Waals surface area contributed by atoms with Crippen molar-refractivity contribution in [2.45, 2.75) is 0 Å². The lowest BCUT2D eigenvalue weighted by Crippen LogP contribution is -2.07. The van der Waals surface area contributed by atoms with Gasteiger partial charge < -0.3 is 22.8 Å². The van der Waals surface area contributed by atoms with E-state index in [1.54, 1.807) is 0 Å². The lowest BCUT2D eigenvalue weighted by Gasteiger charge is -2.22. The molecule has 546 valence electrons. The van der Waals surface area contributed by atoms with Crippen LogP contribution in [0.2, 0.25) is 0 Å². The molecular weight excluding hydrogens is 1440 g/mol. The highest BCUT2D eigenvalue weighted by Crippen LogP contribution is 2.48. The maximum absolute atomic E-state index is 12.1. The Kier molecular flexibility index (Phi) is 14.6. The molecule has 10 heteroatoms. The lowest BCUT2D eigenvalue weighted by atomic mass is 9.93. The number of hydrogen-bond acceptors (Lipinski definition) is 4. The molecule has 7 aromatic heterocycles. The summed E-state index contributed by atoms with van der Waals surface area (Å²) in [6.45, 7) is 0. The number of benzene rings is 17. The predicted octanol–water partition coefficient (Wildman–Crippen LogP) is 27.1. The minimum absolute atomic E-state index is 0.417. The number of aromatic nitrogens is 8. The molecule has 0 radical (unpaired) electrons. The lowest BCUT2D eigenvalue weighted by molar-refractivity contribution is 0.996. The zero-order valence-electron chi connectivity index (χ0n) is 63.4. The van der Waals surface area contributed by atoms with Crippen LogP contribution >= 0.6 is 0 Å². The Hall–Kier alpha value is -16.4. The van der Waals surface area contributed by atoms with Gasteiger partial charge in [-0.3, -0.25) is 4.57 Å². The zero-order valence-corrected chi connectivity index (χ0v) is 63.4. The molecule has 0 spiro atoms. The van der Waals surface area contributed by atoms with Crippen LogP contribution in [-0.2, 0) is 0 Å². The van der Waals surface area contributed by atoms with Crippen LogP contribution in [-0.4, -0.2) is 37.4 Å². The molecule has 0 aliphatic rings. The van der Waals surface area contributed by atoms with Gasteiger partial charge in [0.2, 0.25) is 5.95 Å². The Morgan fingerprint density at radius 1 is 0.186 bits per heavy atom. The fraction of sp³-hybridized carbons (Fsp3) is 0. The molecule has 0 aliphatic heterocycles. The maximum atomic E-state index is 12.1. The summed E-state index contributed by atoms with van der Waals surface area (Å²) in [5.74, 6) is 0.559. The highest BCUT2D eigenvalue weighted by Gasteiger charge is 2.29. The summed E-state index contributed by atoms with van der Waals surface area (Å²) < 4.78 is 14.0. The van der Waals surface area contributed by atoms with Crippen LogP contribution in [0.5, 0.6) is 0 Å². The number of rotatable bonds is 11. The second-order valence-electron chi connectivity index (χ2n) is 30.6. The van der Waals surface area contributed by atoms with Crippen molar-refractivity contribution < 1.29 is 0 Å². The minimum atomic E-state index is 0.417. The maximum Gasteiger partial charge on any atom is 0.235 e. The Morgan fingerprint density at radius 2 is 0.449 bits per heavy atom. The Bertz CT molecular complexity index is 8250. The molecule has 0 unspecified atom stereocenters. The first kappa shape index (κ1) is 66.2. The summed E-state index contributed by atoms with van der Waals surface area (Å²) >= 11 is 0. The molecule has 118 heavy (non-hydrogen) atoms. The summed E-state index contributed by atoms with van der Waals surface area (Å²) in [5, 5.41) is 37.3. The third-order valence-corrected chi connectivity index (χ3v) is 24.3. The summed E-state index contributed by atoms with van der Waals surface area (Å²) in [5.41, 5.74) is 26.6. The van der Waals surface area contributed by atoms with Gasteiger partial charge >= 0.3 is 0 Å². The molecule has 0 N–H and O–H groups in total. The van der Waals surface area contributed by atoms with Crippen LogP contribution in [0, 0.1) is 22.7 Å². The van der Waals surface area contributed by atoms with Crippen molar-refractivity contribution in [2.75, 3.05) is 0 Å².